The fraction of sp³-hybridized carbons (Fsp3) is 0.933. The van der Waals surface area contributed by atoms with Crippen molar-refractivity contribution in [2.24, 2.45) is 5.73 Å². The highest BCUT2D eigenvalue weighted by molar-refractivity contribution is 5.78. The number of likely N-dealkylation sites (tertiary alicyclic amines) is 1. The van der Waals surface area contributed by atoms with Gasteiger partial charge in [-0.05, 0) is 26.2 Å². The Bertz CT molecular complexity index is 307. The lowest BCUT2D eigenvalue weighted by molar-refractivity contribution is -0.134. The molecule has 116 valence electrons. The molecule has 2 rings (SSSR count). The van der Waals surface area contributed by atoms with E-state index in [9.17, 15) is 4.79 Å². The average Bonchev–Trinajstić information content (AvgIpc) is 2.49. The number of carbonyl (C=O) groups excluding carboxylic acids is 1. The normalized spacial score (nSPS) is 24.9. The molecule has 1 atom stereocenters. The molecule has 2 heterocycles. The Morgan fingerprint density at radius 1 is 1.15 bits per heavy atom. The van der Waals surface area contributed by atoms with Crippen LogP contribution in [0.5, 0.6) is 0 Å². The first-order valence-corrected chi connectivity index (χ1v) is 8.10. The Kier molecular flexibility index (Phi) is 5.81. The van der Waals surface area contributed by atoms with E-state index in [1.807, 2.05) is 4.90 Å². The fourth-order valence-electron chi connectivity index (χ4n) is 3.07. The molecule has 0 aromatic heterocycles. The standard InChI is InChI=1S/C15H30N4O/c1-3-13(2)18-8-10-19(11-9-18)15(20)12-17-6-4-14(16)5-7-17/h13-14H,3-12,16H2,1-2H3. The highest BCUT2D eigenvalue weighted by atomic mass is 16.2. The quantitative estimate of drug-likeness (QED) is 0.808. The van der Waals surface area contributed by atoms with Gasteiger partial charge in [-0.25, -0.2) is 0 Å². The molecule has 0 saturated carbocycles. The van der Waals surface area contributed by atoms with E-state index in [0.717, 1.165) is 52.1 Å². The van der Waals surface area contributed by atoms with Gasteiger partial charge in [0.15, 0.2) is 0 Å². The fourth-order valence-corrected chi connectivity index (χ4v) is 3.07. The van der Waals surface area contributed by atoms with Crippen LogP contribution in [0.1, 0.15) is 33.1 Å². The SMILES string of the molecule is CCC(C)N1CCN(C(=O)CN2CCC(N)CC2)CC1. The van der Waals surface area contributed by atoms with Crippen LogP contribution in [0.3, 0.4) is 0 Å². The Balaban J connectivity index is 1.72. The smallest absolute Gasteiger partial charge is 0.236 e. The third kappa shape index (κ3) is 4.17. The summed E-state index contributed by atoms with van der Waals surface area (Å²) in [6, 6.07) is 0.969. The predicted octanol–water partition coefficient (Wildman–Crippen LogP) is 0.352. The zero-order valence-electron chi connectivity index (χ0n) is 13.1. The van der Waals surface area contributed by atoms with E-state index >= 15 is 0 Å². The molecule has 1 amide bonds. The van der Waals surface area contributed by atoms with E-state index in [2.05, 4.69) is 23.6 Å². The van der Waals surface area contributed by atoms with E-state index in [0.29, 0.717) is 24.5 Å². The summed E-state index contributed by atoms with van der Waals surface area (Å²) in [6.07, 6.45) is 3.23. The monoisotopic (exact) mass is 282 g/mol. The van der Waals surface area contributed by atoms with Crippen molar-refractivity contribution in [2.75, 3.05) is 45.8 Å². The van der Waals surface area contributed by atoms with Crippen LogP contribution >= 0.6 is 0 Å². The van der Waals surface area contributed by atoms with Crippen molar-refractivity contribution in [1.82, 2.24) is 14.7 Å². The minimum Gasteiger partial charge on any atom is -0.339 e. The Labute approximate surface area is 123 Å². The summed E-state index contributed by atoms with van der Waals surface area (Å²) < 4.78 is 0. The van der Waals surface area contributed by atoms with E-state index in [-0.39, 0.29) is 0 Å². The highest BCUT2D eigenvalue weighted by Gasteiger charge is 2.25. The van der Waals surface area contributed by atoms with Crippen molar-refractivity contribution < 1.29 is 4.79 Å². The second-order valence-corrected chi connectivity index (χ2v) is 6.29. The van der Waals surface area contributed by atoms with Crippen molar-refractivity contribution >= 4 is 5.91 Å². The van der Waals surface area contributed by atoms with Crippen LogP contribution in [0.4, 0.5) is 0 Å². The molecule has 1 unspecified atom stereocenters. The summed E-state index contributed by atoms with van der Waals surface area (Å²) in [4.78, 5) is 19.1. The average molecular weight is 282 g/mol. The second-order valence-electron chi connectivity index (χ2n) is 6.29. The molecular weight excluding hydrogens is 252 g/mol. The van der Waals surface area contributed by atoms with Gasteiger partial charge in [0.2, 0.25) is 5.91 Å². The highest BCUT2D eigenvalue weighted by Crippen LogP contribution is 2.11. The van der Waals surface area contributed by atoms with Crippen LogP contribution in [0.25, 0.3) is 0 Å². The van der Waals surface area contributed by atoms with E-state index in [4.69, 9.17) is 5.73 Å². The van der Waals surface area contributed by atoms with Crippen LogP contribution < -0.4 is 5.73 Å². The molecular formula is C15H30N4O. The molecule has 0 aromatic rings. The molecule has 2 N–H and O–H groups in total. The van der Waals surface area contributed by atoms with E-state index in [1.165, 1.54) is 6.42 Å². The maximum Gasteiger partial charge on any atom is 0.236 e. The predicted molar refractivity (Wildman–Crippen MR) is 81.6 cm³/mol. The molecule has 20 heavy (non-hydrogen) atoms. The molecule has 2 saturated heterocycles. The maximum atomic E-state index is 12.3. The summed E-state index contributed by atoms with van der Waals surface area (Å²) in [7, 11) is 0. The van der Waals surface area contributed by atoms with Crippen LogP contribution in [0, 0.1) is 0 Å². The Morgan fingerprint density at radius 3 is 2.30 bits per heavy atom. The molecule has 0 radical (unpaired) electrons. The van der Waals surface area contributed by atoms with Gasteiger partial charge in [-0.15, -0.1) is 0 Å². The molecule has 5 heteroatoms. The molecule has 5 nitrogen and oxygen atoms in total. The first-order valence-electron chi connectivity index (χ1n) is 8.10. The van der Waals surface area contributed by atoms with E-state index < -0.39 is 0 Å². The van der Waals surface area contributed by atoms with Crippen molar-refractivity contribution in [3.8, 4) is 0 Å². The first-order chi connectivity index (χ1) is 9.60. The summed E-state index contributed by atoms with van der Waals surface area (Å²) in [6.45, 7) is 10.8. The summed E-state index contributed by atoms with van der Waals surface area (Å²) in [5.41, 5.74) is 5.90. The minimum atomic E-state index is 0.296. The number of nitrogens with two attached hydrogens (primary N) is 1. The third-order valence-corrected chi connectivity index (χ3v) is 4.87. The molecule has 0 spiro atoms. The topological polar surface area (TPSA) is 52.8 Å². The summed E-state index contributed by atoms with van der Waals surface area (Å²) in [5, 5.41) is 0. The van der Waals surface area contributed by atoms with Crippen molar-refractivity contribution in [1.29, 1.82) is 0 Å². The van der Waals surface area contributed by atoms with Gasteiger partial charge in [0.1, 0.15) is 0 Å². The van der Waals surface area contributed by atoms with Gasteiger partial charge >= 0.3 is 0 Å². The Hall–Kier alpha value is -0.650. The lowest BCUT2D eigenvalue weighted by atomic mass is 10.1. The largest absolute Gasteiger partial charge is 0.339 e. The number of rotatable bonds is 4. The van der Waals surface area contributed by atoms with Crippen molar-refractivity contribution in [2.45, 2.75) is 45.2 Å². The number of piperazine rings is 1. The van der Waals surface area contributed by atoms with Gasteiger partial charge < -0.3 is 10.6 Å². The number of piperidine rings is 1. The third-order valence-electron chi connectivity index (χ3n) is 4.87. The summed E-state index contributed by atoms with van der Waals surface area (Å²) >= 11 is 0. The number of nitrogens with zero attached hydrogens (tertiary/aromatic N) is 3. The van der Waals surface area contributed by atoms with Gasteiger partial charge in [0.25, 0.3) is 0 Å². The molecule has 0 aliphatic carbocycles. The van der Waals surface area contributed by atoms with Crippen LogP contribution in [0.2, 0.25) is 0 Å². The molecule has 0 bridgehead atoms. The second kappa shape index (κ2) is 7.38. The van der Waals surface area contributed by atoms with Crippen molar-refractivity contribution in [3.05, 3.63) is 0 Å². The van der Waals surface area contributed by atoms with Gasteiger partial charge in [-0.2, -0.15) is 0 Å². The zero-order chi connectivity index (χ0) is 14.5. The van der Waals surface area contributed by atoms with Crippen LogP contribution in [-0.2, 0) is 4.79 Å². The minimum absolute atomic E-state index is 0.296. The number of amides is 1. The summed E-state index contributed by atoms with van der Waals surface area (Å²) in [5.74, 6) is 0.296. The maximum absolute atomic E-state index is 12.3. The van der Waals surface area contributed by atoms with Crippen LogP contribution in [-0.4, -0.2) is 78.5 Å². The number of carbonyl (C=O) groups is 1. The van der Waals surface area contributed by atoms with Crippen molar-refractivity contribution in [3.63, 3.8) is 0 Å². The Morgan fingerprint density at radius 2 is 1.75 bits per heavy atom. The zero-order valence-corrected chi connectivity index (χ0v) is 13.1. The van der Waals surface area contributed by atoms with Gasteiger partial charge in [-0.1, -0.05) is 6.92 Å². The van der Waals surface area contributed by atoms with Gasteiger partial charge in [0, 0.05) is 51.4 Å². The van der Waals surface area contributed by atoms with E-state index in [1.54, 1.807) is 0 Å². The molecule has 0 aromatic carbocycles. The van der Waals surface area contributed by atoms with Gasteiger partial charge in [0.05, 0.1) is 6.54 Å². The lowest BCUT2D eigenvalue weighted by Crippen LogP contribution is -2.53. The number of hydrogen-bond donors (Lipinski definition) is 1. The molecule has 2 aliphatic heterocycles. The number of hydrogen-bond acceptors (Lipinski definition) is 4. The van der Waals surface area contributed by atoms with Gasteiger partial charge in [-0.3, -0.25) is 14.6 Å². The lowest BCUT2D eigenvalue weighted by Gasteiger charge is -2.39. The molecule has 2 aliphatic rings. The first kappa shape index (κ1) is 15.7. The van der Waals surface area contributed by atoms with Crippen LogP contribution in [0.15, 0.2) is 0 Å². The molecule has 2 fully saturated rings.